The molecule has 5 nitrogen and oxygen atoms in total. The largest absolute Gasteiger partial charge is 0.423 e. The second-order valence-electron chi connectivity index (χ2n) is 6.64. The summed E-state index contributed by atoms with van der Waals surface area (Å²) in [4.78, 5) is 28.9. The first kappa shape index (κ1) is 20.3. The maximum absolute atomic E-state index is 12.3. The molecule has 0 atom stereocenters. The summed E-state index contributed by atoms with van der Waals surface area (Å²) < 4.78 is 5.33. The second kappa shape index (κ2) is 9.24. The molecule has 0 spiro atoms. The predicted molar refractivity (Wildman–Crippen MR) is 122 cm³/mol. The molecule has 0 aliphatic rings. The van der Waals surface area contributed by atoms with Crippen LogP contribution in [0.5, 0.6) is 5.75 Å². The van der Waals surface area contributed by atoms with Gasteiger partial charge >= 0.3 is 5.97 Å². The summed E-state index contributed by atoms with van der Waals surface area (Å²) in [7, 11) is 0. The molecule has 0 unspecified atom stereocenters. The van der Waals surface area contributed by atoms with Crippen LogP contribution in [0.4, 0.5) is 5.69 Å². The molecule has 1 aromatic heterocycles. The van der Waals surface area contributed by atoms with Crippen LogP contribution in [0.1, 0.15) is 15.9 Å². The highest BCUT2D eigenvalue weighted by Gasteiger charge is 2.10. The zero-order valence-electron chi connectivity index (χ0n) is 16.3. The summed E-state index contributed by atoms with van der Waals surface area (Å²) >= 11 is 6.05. The lowest BCUT2D eigenvalue weighted by Crippen LogP contribution is -2.12. The third kappa shape index (κ3) is 4.97. The Morgan fingerprint density at radius 2 is 1.68 bits per heavy atom. The Balaban J connectivity index is 1.39. The van der Waals surface area contributed by atoms with E-state index in [1.54, 1.807) is 60.8 Å². The standard InChI is InChI=1S/C25H17ClN2O3/c26-22-9-2-1-8-21(22)25(30)28-19-11-13-20(14-12-19)31-23(29)15-10-18-6-3-5-17-7-4-16-27-24(17)18/h1-16H,(H,28,30)/b15-10+. The van der Waals surface area contributed by atoms with Gasteiger partial charge < -0.3 is 10.1 Å². The SMILES string of the molecule is O=C(/C=C/c1cccc2cccnc12)Oc1ccc(NC(=O)c2ccccc2Cl)cc1. The lowest BCUT2D eigenvalue weighted by atomic mass is 10.1. The van der Waals surface area contributed by atoms with Crippen LogP contribution in [-0.2, 0) is 4.79 Å². The first-order valence-electron chi connectivity index (χ1n) is 9.50. The summed E-state index contributed by atoms with van der Waals surface area (Å²) in [5.74, 6) is -0.468. The smallest absolute Gasteiger partial charge is 0.336 e. The van der Waals surface area contributed by atoms with Crippen LogP contribution >= 0.6 is 11.6 Å². The van der Waals surface area contributed by atoms with Crippen molar-refractivity contribution in [2.75, 3.05) is 5.32 Å². The topological polar surface area (TPSA) is 68.3 Å². The van der Waals surface area contributed by atoms with Crippen LogP contribution < -0.4 is 10.1 Å². The molecule has 0 radical (unpaired) electrons. The van der Waals surface area contributed by atoms with Crippen LogP contribution in [0, 0.1) is 0 Å². The van der Waals surface area contributed by atoms with Crippen molar-refractivity contribution in [3.63, 3.8) is 0 Å². The zero-order valence-corrected chi connectivity index (χ0v) is 17.0. The van der Waals surface area contributed by atoms with Gasteiger partial charge in [-0.15, -0.1) is 0 Å². The molecular formula is C25H17ClN2O3. The van der Waals surface area contributed by atoms with E-state index in [0.29, 0.717) is 22.0 Å². The number of fused-ring (bicyclic) bond motifs is 1. The summed E-state index contributed by atoms with van der Waals surface area (Å²) in [6, 6.07) is 22.9. The molecule has 1 N–H and O–H groups in total. The summed E-state index contributed by atoms with van der Waals surface area (Å²) in [5, 5.41) is 4.13. The molecule has 1 amide bonds. The van der Waals surface area contributed by atoms with Crippen LogP contribution in [-0.4, -0.2) is 16.9 Å². The number of rotatable bonds is 5. The Hall–Kier alpha value is -3.96. The zero-order chi connectivity index (χ0) is 21.6. The molecular weight excluding hydrogens is 412 g/mol. The summed E-state index contributed by atoms with van der Waals surface area (Å²) in [5.41, 5.74) is 2.58. The molecule has 1 heterocycles. The second-order valence-corrected chi connectivity index (χ2v) is 7.04. The highest BCUT2D eigenvalue weighted by atomic mass is 35.5. The van der Waals surface area contributed by atoms with Crippen molar-refractivity contribution in [3.8, 4) is 5.75 Å². The fourth-order valence-electron chi connectivity index (χ4n) is 3.02. The Bertz CT molecular complexity index is 1280. The number of nitrogens with one attached hydrogen (secondary N) is 1. The van der Waals surface area contributed by atoms with Gasteiger partial charge in [-0.1, -0.05) is 48.0 Å². The van der Waals surface area contributed by atoms with E-state index in [-0.39, 0.29) is 5.91 Å². The molecule has 0 aliphatic heterocycles. The van der Waals surface area contributed by atoms with Crippen LogP contribution in [0.2, 0.25) is 5.02 Å². The van der Waals surface area contributed by atoms with Gasteiger partial charge in [0.2, 0.25) is 0 Å². The van der Waals surface area contributed by atoms with Gasteiger partial charge in [-0.3, -0.25) is 9.78 Å². The summed E-state index contributed by atoms with van der Waals surface area (Å²) in [6.07, 6.45) is 4.75. The Labute approximate surface area is 184 Å². The molecule has 152 valence electrons. The third-order valence-corrected chi connectivity index (χ3v) is 4.84. The molecule has 6 heteroatoms. The van der Waals surface area contributed by atoms with Gasteiger partial charge in [0.05, 0.1) is 16.1 Å². The molecule has 3 aromatic carbocycles. The highest BCUT2D eigenvalue weighted by Crippen LogP contribution is 2.20. The number of nitrogens with zero attached hydrogens (tertiary/aromatic N) is 1. The molecule has 0 fully saturated rings. The van der Waals surface area contributed by atoms with E-state index >= 15 is 0 Å². The minimum atomic E-state index is -0.513. The number of benzene rings is 3. The summed E-state index contributed by atoms with van der Waals surface area (Å²) in [6.45, 7) is 0. The van der Waals surface area contributed by atoms with Gasteiger partial charge in [-0.25, -0.2) is 4.79 Å². The van der Waals surface area contributed by atoms with Gasteiger partial charge in [0, 0.05) is 28.9 Å². The maximum Gasteiger partial charge on any atom is 0.336 e. The third-order valence-electron chi connectivity index (χ3n) is 4.51. The number of esters is 1. The monoisotopic (exact) mass is 428 g/mol. The highest BCUT2D eigenvalue weighted by molar-refractivity contribution is 6.34. The predicted octanol–water partition coefficient (Wildman–Crippen LogP) is 5.76. The van der Waals surface area contributed by atoms with Gasteiger partial charge in [-0.05, 0) is 48.5 Å². The maximum atomic E-state index is 12.3. The number of pyridine rings is 1. The normalized spacial score (nSPS) is 10.9. The first-order valence-corrected chi connectivity index (χ1v) is 9.87. The van der Waals surface area contributed by atoms with E-state index in [1.165, 1.54) is 6.08 Å². The lowest BCUT2D eigenvalue weighted by molar-refractivity contribution is -0.128. The molecule has 31 heavy (non-hydrogen) atoms. The number of para-hydroxylation sites is 1. The van der Waals surface area contributed by atoms with E-state index in [0.717, 1.165) is 16.5 Å². The van der Waals surface area contributed by atoms with Gasteiger partial charge in [0.25, 0.3) is 5.91 Å². The number of ether oxygens (including phenoxy) is 1. The number of carbonyl (C=O) groups is 2. The minimum Gasteiger partial charge on any atom is -0.423 e. The van der Waals surface area contributed by atoms with Gasteiger partial charge in [0.15, 0.2) is 0 Å². The Morgan fingerprint density at radius 1 is 0.903 bits per heavy atom. The molecule has 0 aliphatic carbocycles. The number of hydrogen-bond acceptors (Lipinski definition) is 4. The molecule has 0 bridgehead atoms. The van der Waals surface area contributed by atoms with Crippen molar-refractivity contribution >= 4 is 46.1 Å². The fourth-order valence-corrected chi connectivity index (χ4v) is 3.24. The van der Waals surface area contributed by atoms with E-state index < -0.39 is 5.97 Å². The number of amides is 1. The molecule has 4 aromatic rings. The van der Waals surface area contributed by atoms with E-state index in [2.05, 4.69) is 10.3 Å². The van der Waals surface area contributed by atoms with Crippen LogP contribution in [0.3, 0.4) is 0 Å². The van der Waals surface area contributed by atoms with E-state index in [1.807, 2.05) is 30.3 Å². The molecule has 0 saturated carbocycles. The minimum absolute atomic E-state index is 0.318. The van der Waals surface area contributed by atoms with Crippen molar-refractivity contribution in [2.45, 2.75) is 0 Å². The van der Waals surface area contributed by atoms with Gasteiger partial charge in [-0.2, -0.15) is 0 Å². The number of aromatic nitrogens is 1. The number of hydrogen-bond donors (Lipinski definition) is 1. The average Bonchev–Trinajstić information content (AvgIpc) is 2.79. The van der Waals surface area contributed by atoms with Crippen molar-refractivity contribution in [3.05, 3.63) is 107 Å². The lowest BCUT2D eigenvalue weighted by Gasteiger charge is -2.07. The number of halogens is 1. The van der Waals surface area contributed by atoms with Crippen molar-refractivity contribution in [1.29, 1.82) is 0 Å². The van der Waals surface area contributed by atoms with E-state index in [4.69, 9.17) is 16.3 Å². The van der Waals surface area contributed by atoms with Crippen LogP contribution in [0.15, 0.2) is 91.1 Å². The Kier molecular flexibility index (Phi) is 6.05. The van der Waals surface area contributed by atoms with Crippen LogP contribution in [0.25, 0.3) is 17.0 Å². The van der Waals surface area contributed by atoms with Crippen molar-refractivity contribution < 1.29 is 14.3 Å². The fraction of sp³-hybridized carbons (Fsp3) is 0. The quantitative estimate of drug-likeness (QED) is 0.249. The average molecular weight is 429 g/mol. The van der Waals surface area contributed by atoms with Crippen molar-refractivity contribution in [1.82, 2.24) is 4.98 Å². The Morgan fingerprint density at radius 3 is 2.48 bits per heavy atom. The van der Waals surface area contributed by atoms with Crippen molar-refractivity contribution in [2.24, 2.45) is 0 Å². The number of carbonyl (C=O) groups excluding carboxylic acids is 2. The van der Waals surface area contributed by atoms with E-state index in [9.17, 15) is 9.59 Å². The molecule has 0 saturated heterocycles. The van der Waals surface area contributed by atoms with Gasteiger partial charge in [0.1, 0.15) is 5.75 Å². The molecule has 4 rings (SSSR count). The first-order chi connectivity index (χ1) is 15.1. The number of anilines is 1.